The van der Waals surface area contributed by atoms with Crippen molar-refractivity contribution in [1.82, 2.24) is 4.57 Å². The fourth-order valence-electron chi connectivity index (χ4n) is 3.82. The largest absolute Gasteiger partial charge is 0.350 e. The first-order valence-electron chi connectivity index (χ1n) is 12.3. The van der Waals surface area contributed by atoms with Crippen LogP contribution in [0.3, 0.4) is 0 Å². The molecule has 3 aromatic heterocycles. The third kappa shape index (κ3) is 7.08. The lowest BCUT2D eigenvalue weighted by atomic mass is 10.3. The van der Waals surface area contributed by atoms with Crippen molar-refractivity contribution in [3.63, 3.8) is 0 Å². The first kappa shape index (κ1) is 23.9. The van der Waals surface area contributed by atoms with Gasteiger partial charge in [0.05, 0.1) is 17.0 Å². The summed E-state index contributed by atoms with van der Waals surface area (Å²) in [5, 5.41) is 17.5. The van der Waals surface area contributed by atoms with Crippen molar-refractivity contribution in [2.24, 2.45) is 20.5 Å². The molecule has 5 aromatic rings. The molecule has 0 aliphatic rings. The maximum atomic E-state index is 4.45. The average molecular weight is 490 g/mol. The van der Waals surface area contributed by atoms with Gasteiger partial charge in [0.25, 0.3) is 0 Å². The fourth-order valence-corrected chi connectivity index (χ4v) is 3.82. The van der Waals surface area contributed by atoms with E-state index in [1.54, 1.807) is 0 Å². The molecule has 0 spiro atoms. The summed E-state index contributed by atoms with van der Waals surface area (Å²) >= 11 is 0. The van der Waals surface area contributed by atoms with E-state index in [1.807, 2.05) is 103 Å². The Hall–Kier alpha value is -4.85. The van der Waals surface area contributed by atoms with Gasteiger partial charge in [-0.25, -0.2) is 13.7 Å². The van der Waals surface area contributed by atoms with Crippen molar-refractivity contribution < 1.29 is 13.7 Å². The van der Waals surface area contributed by atoms with E-state index in [4.69, 9.17) is 0 Å². The van der Waals surface area contributed by atoms with Gasteiger partial charge in [0.2, 0.25) is 6.33 Å². The van der Waals surface area contributed by atoms with Crippen molar-refractivity contribution in [3.05, 3.63) is 128 Å². The lowest BCUT2D eigenvalue weighted by Crippen LogP contribution is -2.43. The second kappa shape index (κ2) is 12.2. The first-order valence-corrected chi connectivity index (χ1v) is 12.3. The third-order valence-electron chi connectivity index (χ3n) is 5.78. The third-order valence-corrected chi connectivity index (χ3v) is 5.78. The zero-order chi connectivity index (χ0) is 25.1. The highest BCUT2D eigenvalue weighted by atomic mass is 15.2. The number of hydrogen-bond donors (Lipinski definition) is 0. The molecule has 0 amide bonds. The monoisotopic (exact) mass is 489 g/mol. The van der Waals surface area contributed by atoms with Gasteiger partial charge in [-0.3, -0.25) is 0 Å². The molecule has 0 fully saturated rings. The van der Waals surface area contributed by atoms with E-state index in [2.05, 4.69) is 63.6 Å². The van der Waals surface area contributed by atoms with Gasteiger partial charge in [0.15, 0.2) is 18.9 Å². The van der Waals surface area contributed by atoms with Gasteiger partial charge in [-0.15, -0.1) is 5.11 Å². The van der Waals surface area contributed by atoms with Crippen LogP contribution in [0.15, 0.2) is 149 Å². The van der Waals surface area contributed by atoms with Crippen LogP contribution in [0, 0.1) is 0 Å². The number of benzene rings is 2. The maximum Gasteiger partial charge on any atom is 0.350 e. The number of aryl methyl sites for hydroxylation is 4. The molecule has 37 heavy (non-hydrogen) atoms. The van der Waals surface area contributed by atoms with Crippen molar-refractivity contribution in [2.45, 2.75) is 26.2 Å². The number of aromatic nitrogens is 4. The van der Waals surface area contributed by atoms with Gasteiger partial charge < -0.3 is 0 Å². The molecular weight excluding hydrogens is 460 g/mol. The molecule has 0 bridgehead atoms. The molecule has 8 heteroatoms. The van der Waals surface area contributed by atoms with Gasteiger partial charge in [-0.2, -0.15) is 9.68 Å². The molecule has 0 unspecified atom stereocenters. The standard InChI is InChI=1S/C29H29N8/c1-3-10-26(11-4-1)30-32-28-14-9-16-34(24-28)18-19-35-20-21-36(25-35)22-23-37-17-8-7-15-29(37)33-31-27-12-5-2-6-13-27/h1-17,20-21,24-25H,18-19,22-23H2/q+3. The van der Waals surface area contributed by atoms with Crippen LogP contribution >= 0.6 is 0 Å². The first-order chi connectivity index (χ1) is 18.3. The number of azo groups is 2. The molecule has 0 radical (unpaired) electrons. The van der Waals surface area contributed by atoms with Gasteiger partial charge >= 0.3 is 5.82 Å². The Bertz CT molecular complexity index is 1480. The molecule has 5 rings (SSSR count). The molecule has 0 N–H and O–H groups in total. The minimum absolute atomic E-state index is 0.794. The van der Waals surface area contributed by atoms with E-state index < -0.39 is 0 Å². The van der Waals surface area contributed by atoms with E-state index in [-0.39, 0.29) is 0 Å². The molecular formula is C29H29N8+3. The highest BCUT2D eigenvalue weighted by Gasteiger charge is 2.12. The quantitative estimate of drug-likeness (QED) is 0.182. The summed E-state index contributed by atoms with van der Waals surface area (Å²) in [4.78, 5) is 0. The van der Waals surface area contributed by atoms with Crippen molar-refractivity contribution in [1.29, 1.82) is 0 Å². The Kier molecular flexibility index (Phi) is 7.88. The van der Waals surface area contributed by atoms with Crippen LogP contribution in [-0.2, 0) is 26.2 Å². The van der Waals surface area contributed by atoms with Crippen LogP contribution in [0.5, 0.6) is 0 Å². The number of nitrogens with zero attached hydrogens (tertiary/aromatic N) is 8. The van der Waals surface area contributed by atoms with E-state index in [0.717, 1.165) is 49.1 Å². The summed E-state index contributed by atoms with van der Waals surface area (Å²) < 4.78 is 8.62. The lowest BCUT2D eigenvalue weighted by molar-refractivity contribution is -0.772. The fraction of sp³-hybridized carbons (Fsp3) is 0.138. The summed E-state index contributed by atoms with van der Waals surface area (Å²) in [6.07, 6.45) is 12.4. The molecule has 2 aromatic carbocycles. The number of hydrogen-bond acceptors (Lipinski definition) is 4. The molecule has 0 saturated heterocycles. The maximum absolute atomic E-state index is 4.45. The summed E-state index contributed by atoms with van der Waals surface area (Å²) in [5.41, 5.74) is 2.51. The predicted octanol–water partition coefficient (Wildman–Crippen LogP) is 5.58. The number of imidazole rings is 1. The summed E-state index contributed by atoms with van der Waals surface area (Å²) in [6.45, 7) is 3.31. The molecule has 8 nitrogen and oxygen atoms in total. The second-order valence-corrected chi connectivity index (χ2v) is 8.51. The van der Waals surface area contributed by atoms with Crippen molar-refractivity contribution >= 4 is 22.9 Å². The van der Waals surface area contributed by atoms with Crippen molar-refractivity contribution in [3.8, 4) is 0 Å². The van der Waals surface area contributed by atoms with Crippen LogP contribution in [-0.4, -0.2) is 4.57 Å². The van der Waals surface area contributed by atoms with Crippen LogP contribution in [0.1, 0.15) is 0 Å². The lowest BCUT2D eigenvalue weighted by Gasteiger charge is -1.99. The molecule has 0 saturated carbocycles. The van der Waals surface area contributed by atoms with Gasteiger partial charge in [0, 0.05) is 12.1 Å². The Morgan fingerprint density at radius 2 is 1.22 bits per heavy atom. The van der Waals surface area contributed by atoms with Crippen molar-refractivity contribution in [2.75, 3.05) is 0 Å². The Balaban J connectivity index is 1.16. The van der Waals surface area contributed by atoms with Crippen LogP contribution in [0.2, 0.25) is 0 Å². The molecule has 182 valence electrons. The van der Waals surface area contributed by atoms with E-state index >= 15 is 0 Å². The summed E-state index contributed by atoms with van der Waals surface area (Å²) in [5.74, 6) is 0.826. The van der Waals surface area contributed by atoms with E-state index in [1.165, 1.54) is 0 Å². The topological polar surface area (TPSA) is 66.0 Å². The van der Waals surface area contributed by atoms with Crippen LogP contribution in [0.25, 0.3) is 0 Å². The zero-order valence-corrected chi connectivity index (χ0v) is 20.5. The Labute approximate surface area is 216 Å². The highest BCUT2D eigenvalue weighted by molar-refractivity contribution is 5.37. The number of pyridine rings is 2. The van der Waals surface area contributed by atoms with Gasteiger partial charge in [-0.05, 0) is 41.5 Å². The number of rotatable bonds is 10. The minimum atomic E-state index is 0.794. The minimum Gasteiger partial charge on any atom is -0.233 e. The average Bonchev–Trinajstić information content (AvgIpc) is 3.42. The predicted molar refractivity (Wildman–Crippen MR) is 139 cm³/mol. The SMILES string of the molecule is c1ccc(N=Nc2ccc[n+](CCn3cc[n+](CC[n+]4ccccc4N=Nc4ccccc4)c3)c2)cc1. The molecule has 0 atom stereocenters. The van der Waals surface area contributed by atoms with E-state index in [9.17, 15) is 0 Å². The Morgan fingerprint density at radius 1 is 0.541 bits per heavy atom. The van der Waals surface area contributed by atoms with Crippen LogP contribution in [0.4, 0.5) is 22.9 Å². The normalized spacial score (nSPS) is 11.5. The van der Waals surface area contributed by atoms with Crippen LogP contribution < -0.4 is 13.7 Å². The van der Waals surface area contributed by atoms with Gasteiger partial charge in [0.1, 0.15) is 43.4 Å². The highest BCUT2D eigenvalue weighted by Crippen LogP contribution is 2.16. The summed E-state index contributed by atoms with van der Waals surface area (Å²) in [6, 6.07) is 29.5. The Morgan fingerprint density at radius 3 is 2.00 bits per heavy atom. The molecule has 0 aliphatic carbocycles. The second-order valence-electron chi connectivity index (χ2n) is 8.51. The molecule has 0 aliphatic heterocycles. The smallest absolute Gasteiger partial charge is 0.233 e. The van der Waals surface area contributed by atoms with E-state index in [0.29, 0.717) is 0 Å². The van der Waals surface area contributed by atoms with Gasteiger partial charge in [-0.1, -0.05) is 42.5 Å². The molecule has 3 heterocycles. The summed E-state index contributed by atoms with van der Waals surface area (Å²) in [7, 11) is 0. The zero-order valence-electron chi connectivity index (χ0n) is 20.5.